The highest BCUT2D eigenvalue weighted by Gasteiger charge is 2.43. The molecule has 0 aliphatic heterocycles. The summed E-state index contributed by atoms with van der Waals surface area (Å²) in [5.41, 5.74) is 5.67. The Kier molecular flexibility index (Phi) is 3.68. The summed E-state index contributed by atoms with van der Waals surface area (Å²) in [4.78, 5) is 0.532. The van der Waals surface area contributed by atoms with Crippen molar-refractivity contribution in [3.05, 3.63) is 28.5 Å². The molecule has 1 aromatic carbocycles. The maximum absolute atomic E-state index is 12.9. The predicted octanol–water partition coefficient (Wildman–Crippen LogP) is 3.42. The molecule has 1 aliphatic carbocycles. The van der Waals surface area contributed by atoms with E-state index in [0.717, 1.165) is 19.3 Å². The average molecular weight is 318 g/mol. The van der Waals surface area contributed by atoms with Crippen LogP contribution >= 0.6 is 28.1 Å². The zero-order chi connectivity index (χ0) is 12.5. The molecular formula is C12H13BrFNOS. The van der Waals surface area contributed by atoms with Gasteiger partial charge in [0.2, 0.25) is 0 Å². The molecule has 1 aliphatic rings. The minimum Gasteiger partial charge on any atom is -0.492 e. The molecule has 2 rings (SSSR count). The summed E-state index contributed by atoms with van der Waals surface area (Å²) in [5.74, 6) is 0.370. The second kappa shape index (κ2) is 4.90. The van der Waals surface area contributed by atoms with Crippen molar-refractivity contribution in [3.8, 4) is 5.75 Å². The molecule has 0 heterocycles. The first-order valence-electron chi connectivity index (χ1n) is 5.37. The summed E-state index contributed by atoms with van der Waals surface area (Å²) >= 11 is 8.19. The SMILES string of the molecule is NC(=S)CC1(COc2ccc(F)cc2Br)CC1. The minimum absolute atomic E-state index is 0.111. The van der Waals surface area contributed by atoms with Crippen LogP contribution in [0.1, 0.15) is 19.3 Å². The van der Waals surface area contributed by atoms with Gasteiger partial charge in [0.15, 0.2) is 0 Å². The summed E-state index contributed by atoms with van der Waals surface area (Å²) in [6, 6.07) is 4.39. The molecule has 0 aromatic heterocycles. The lowest BCUT2D eigenvalue weighted by molar-refractivity contribution is 0.237. The van der Waals surface area contributed by atoms with Gasteiger partial charge in [-0.25, -0.2) is 4.39 Å². The van der Waals surface area contributed by atoms with Crippen molar-refractivity contribution in [1.29, 1.82) is 0 Å². The van der Waals surface area contributed by atoms with Crippen molar-refractivity contribution in [2.24, 2.45) is 11.1 Å². The Bertz CT molecular complexity index is 448. The van der Waals surface area contributed by atoms with E-state index in [-0.39, 0.29) is 11.2 Å². The quantitative estimate of drug-likeness (QED) is 0.845. The first-order chi connectivity index (χ1) is 8.01. The molecule has 5 heteroatoms. The number of halogens is 2. The van der Waals surface area contributed by atoms with Gasteiger partial charge in [-0.15, -0.1) is 0 Å². The summed E-state index contributed by atoms with van der Waals surface area (Å²) in [6.07, 6.45) is 2.90. The maximum atomic E-state index is 12.9. The number of hydrogen-bond acceptors (Lipinski definition) is 2. The van der Waals surface area contributed by atoms with E-state index in [1.54, 1.807) is 6.07 Å². The van der Waals surface area contributed by atoms with Gasteiger partial charge >= 0.3 is 0 Å². The minimum atomic E-state index is -0.284. The van der Waals surface area contributed by atoms with E-state index in [0.29, 0.717) is 21.8 Å². The van der Waals surface area contributed by atoms with E-state index < -0.39 is 0 Å². The Morgan fingerprint density at radius 1 is 1.53 bits per heavy atom. The lowest BCUT2D eigenvalue weighted by Crippen LogP contribution is -2.21. The summed E-state index contributed by atoms with van der Waals surface area (Å²) in [6.45, 7) is 0.578. The topological polar surface area (TPSA) is 35.2 Å². The molecule has 0 atom stereocenters. The molecule has 0 unspecified atom stereocenters. The van der Waals surface area contributed by atoms with Crippen LogP contribution in [0.4, 0.5) is 4.39 Å². The number of benzene rings is 1. The number of ether oxygens (including phenoxy) is 1. The van der Waals surface area contributed by atoms with Gasteiger partial charge in [0.25, 0.3) is 0 Å². The van der Waals surface area contributed by atoms with Crippen molar-refractivity contribution >= 4 is 33.1 Å². The normalized spacial score (nSPS) is 16.6. The molecule has 0 spiro atoms. The van der Waals surface area contributed by atoms with Crippen LogP contribution in [-0.2, 0) is 0 Å². The van der Waals surface area contributed by atoms with E-state index >= 15 is 0 Å². The molecule has 1 saturated carbocycles. The van der Waals surface area contributed by atoms with Crippen LogP contribution in [0, 0.1) is 11.2 Å². The Morgan fingerprint density at radius 2 is 2.24 bits per heavy atom. The molecule has 0 amide bonds. The van der Waals surface area contributed by atoms with Gasteiger partial charge in [0.1, 0.15) is 11.6 Å². The van der Waals surface area contributed by atoms with Gasteiger partial charge in [-0.1, -0.05) is 12.2 Å². The van der Waals surface area contributed by atoms with E-state index in [2.05, 4.69) is 15.9 Å². The van der Waals surface area contributed by atoms with Crippen molar-refractivity contribution in [2.75, 3.05) is 6.61 Å². The highest BCUT2D eigenvalue weighted by atomic mass is 79.9. The molecule has 2 N–H and O–H groups in total. The third kappa shape index (κ3) is 3.39. The lowest BCUT2D eigenvalue weighted by Gasteiger charge is -2.16. The Hall–Kier alpha value is -0.680. The van der Waals surface area contributed by atoms with E-state index in [4.69, 9.17) is 22.7 Å². The molecule has 0 radical (unpaired) electrons. The second-order valence-corrected chi connectivity index (χ2v) is 5.89. The number of nitrogens with two attached hydrogens (primary N) is 1. The smallest absolute Gasteiger partial charge is 0.133 e. The molecule has 17 heavy (non-hydrogen) atoms. The van der Waals surface area contributed by atoms with Crippen molar-refractivity contribution in [3.63, 3.8) is 0 Å². The second-order valence-electron chi connectivity index (χ2n) is 4.51. The first kappa shape index (κ1) is 12.8. The van der Waals surface area contributed by atoms with Crippen LogP contribution in [0.5, 0.6) is 5.75 Å². The summed E-state index contributed by atoms with van der Waals surface area (Å²) < 4.78 is 19.2. The van der Waals surface area contributed by atoms with Gasteiger partial charge in [-0.05, 0) is 47.0 Å². The average Bonchev–Trinajstić information content (AvgIpc) is 2.96. The third-order valence-electron chi connectivity index (χ3n) is 2.93. The number of rotatable bonds is 5. The lowest BCUT2D eigenvalue weighted by atomic mass is 10.0. The van der Waals surface area contributed by atoms with Crippen molar-refractivity contribution in [2.45, 2.75) is 19.3 Å². The Labute approximate surface area is 113 Å². The Balaban J connectivity index is 1.96. The highest BCUT2D eigenvalue weighted by Crippen LogP contribution is 2.49. The highest BCUT2D eigenvalue weighted by molar-refractivity contribution is 9.10. The van der Waals surface area contributed by atoms with Crippen LogP contribution in [0.25, 0.3) is 0 Å². The van der Waals surface area contributed by atoms with Crippen LogP contribution in [0.2, 0.25) is 0 Å². The van der Waals surface area contributed by atoms with Gasteiger partial charge < -0.3 is 10.5 Å². The van der Waals surface area contributed by atoms with Crippen LogP contribution in [-0.4, -0.2) is 11.6 Å². The molecule has 1 fully saturated rings. The van der Waals surface area contributed by atoms with Crippen LogP contribution < -0.4 is 10.5 Å². The molecule has 92 valence electrons. The van der Waals surface area contributed by atoms with Gasteiger partial charge in [0, 0.05) is 11.8 Å². The fourth-order valence-electron chi connectivity index (χ4n) is 1.74. The zero-order valence-corrected chi connectivity index (χ0v) is 11.6. The zero-order valence-electron chi connectivity index (χ0n) is 9.21. The molecule has 2 nitrogen and oxygen atoms in total. The number of hydrogen-bond donors (Lipinski definition) is 1. The standard InChI is InChI=1S/C12H13BrFNOS/c13-9-5-8(14)1-2-10(9)16-7-12(3-4-12)6-11(15)17/h1-2,5H,3-4,6-7H2,(H2,15,17). The maximum Gasteiger partial charge on any atom is 0.133 e. The predicted molar refractivity (Wildman–Crippen MR) is 72.7 cm³/mol. The summed E-state index contributed by atoms with van der Waals surface area (Å²) in [7, 11) is 0. The monoisotopic (exact) mass is 317 g/mol. The third-order valence-corrected chi connectivity index (χ3v) is 3.70. The van der Waals surface area contributed by atoms with Gasteiger partial charge in [-0.2, -0.15) is 0 Å². The number of thiocarbonyl (C=S) groups is 1. The molecule has 1 aromatic rings. The first-order valence-corrected chi connectivity index (χ1v) is 6.57. The molecule has 0 bridgehead atoms. The van der Waals surface area contributed by atoms with E-state index in [1.807, 2.05) is 0 Å². The van der Waals surface area contributed by atoms with Crippen molar-refractivity contribution < 1.29 is 9.13 Å². The molecular weight excluding hydrogens is 305 g/mol. The van der Waals surface area contributed by atoms with Crippen molar-refractivity contribution in [1.82, 2.24) is 0 Å². The fraction of sp³-hybridized carbons (Fsp3) is 0.417. The Morgan fingerprint density at radius 3 is 2.76 bits per heavy atom. The van der Waals surface area contributed by atoms with Crippen LogP contribution in [0.15, 0.2) is 22.7 Å². The van der Waals surface area contributed by atoms with Gasteiger partial charge in [0.05, 0.1) is 16.1 Å². The largest absolute Gasteiger partial charge is 0.492 e. The van der Waals surface area contributed by atoms with Crippen LogP contribution in [0.3, 0.4) is 0 Å². The van der Waals surface area contributed by atoms with Gasteiger partial charge in [-0.3, -0.25) is 0 Å². The summed E-state index contributed by atoms with van der Waals surface area (Å²) in [5, 5.41) is 0. The van der Waals surface area contributed by atoms with E-state index in [9.17, 15) is 4.39 Å². The van der Waals surface area contributed by atoms with E-state index in [1.165, 1.54) is 12.1 Å². The fourth-order valence-corrected chi connectivity index (χ4v) is 2.51. The molecule has 0 saturated heterocycles.